The average molecular weight is 314 g/mol. The molecule has 0 saturated carbocycles. The summed E-state index contributed by atoms with van der Waals surface area (Å²) in [5, 5.41) is 10.2. The van der Waals surface area contributed by atoms with Crippen molar-refractivity contribution in [3.05, 3.63) is 64.5 Å². The molecule has 3 rings (SSSR count). The lowest BCUT2D eigenvalue weighted by Crippen LogP contribution is -2.24. The zero-order valence-electron chi connectivity index (χ0n) is 12.3. The van der Waals surface area contributed by atoms with Crippen LogP contribution in [-0.4, -0.2) is 27.6 Å². The first-order valence-electron chi connectivity index (χ1n) is 6.92. The van der Waals surface area contributed by atoms with Gasteiger partial charge in [-0.3, -0.25) is 14.0 Å². The third-order valence-electron chi connectivity index (χ3n) is 3.58. The number of ether oxygens (including phenoxy) is 1. The predicted molar refractivity (Wildman–Crippen MR) is 80.3 cm³/mol. The standard InChI is InChI=1S/C16H14N2O5/c1-22-13(19)9-10(11-5-4-8-23-11)14-15(20)17-12-6-2-3-7-18(12)16(14)21/h2-8,10,20H,9H2,1H3/t10-/m0/s1. The van der Waals surface area contributed by atoms with E-state index in [1.54, 1.807) is 36.5 Å². The maximum atomic E-state index is 12.7. The van der Waals surface area contributed by atoms with E-state index in [1.807, 2.05) is 0 Å². The van der Waals surface area contributed by atoms with Gasteiger partial charge in [0.25, 0.3) is 5.56 Å². The number of aromatic hydroxyl groups is 1. The van der Waals surface area contributed by atoms with E-state index in [1.165, 1.54) is 17.8 Å². The van der Waals surface area contributed by atoms with Crippen LogP contribution in [0, 0.1) is 0 Å². The number of aromatic nitrogens is 2. The smallest absolute Gasteiger partial charge is 0.306 e. The molecule has 0 radical (unpaired) electrons. The van der Waals surface area contributed by atoms with E-state index in [0.717, 1.165) is 0 Å². The first-order valence-corrected chi connectivity index (χ1v) is 6.92. The molecule has 1 N–H and O–H groups in total. The summed E-state index contributed by atoms with van der Waals surface area (Å²) in [5.74, 6) is -1.36. The number of carbonyl (C=O) groups excluding carboxylic acids is 1. The van der Waals surface area contributed by atoms with Crippen molar-refractivity contribution < 1.29 is 19.1 Å². The summed E-state index contributed by atoms with van der Waals surface area (Å²) in [6.45, 7) is 0. The van der Waals surface area contributed by atoms with Gasteiger partial charge in [0.05, 0.1) is 31.3 Å². The second kappa shape index (κ2) is 5.96. The van der Waals surface area contributed by atoms with Crippen LogP contribution in [0.5, 0.6) is 5.88 Å². The minimum absolute atomic E-state index is 0.00551. The number of carbonyl (C=O) groups is 1. The van der Waals surface area contributed by atoms with Gasteiger partial charge in [-0.05, 0) is 24.3 Å². The van der Waals surface area contributed by atoms with Gasteiger partial charge in [0, 0.05) is 6.20 Å². The molecule has 1 atom stereocenters. The Morgan fingerprint density at radius 1 is 1.39 bits per heavy atom. The molecule has 7 heteroatoms. The summed E-state index contributed by atoms with van der Waals surface area (Å²) in [6.07, 6.45) is 2.83. The van der Waals surface area contributed by atoms with Gasteiger partial charge >= 0.3 is 5.97 Å². The van der Waals surface area contributed by atoms with Crippen molar-refractivity contribution in [2.24, 2.45) is 0 Å². The van der Waals surface area contributed by atoms with Gasteiger partial charge in [-0.25, -0.2) is 0 Å². The molecule has 23 heavy (non-hydrogen) atoms. The van der Waals surface area contributed by atoms with Crippen molar-refractivity contribution >= 4 is 11.6 Å². The summed E-state index contributed by atoms with van der Waals surface area (Å²) in [6, 6.07) is 8.26. The van der Waals surface area contributed by atoms with Gasteiger partial charge in [-0.1, -0.05) is 6.07 Å². The molecule has 7 nitrogen and oxygen atoms in total. The van der Waals surface area contributed by atoms with E-state index in [4.69, 9.17) is 4.42 Å². The van der Waals surface area contributed by atoms with Crippen molar-refractivity contribution in [3.8, 4) is 5.88 Å². The molecule has 0 aliphatic heterocycles. The first kappa shape index (κ1) is 14.8. The monoisotopic (exact) mass is 314 g/mol. The fourth-order valence-corrected chi connectivity index (χ4v) is 2.48. The topological polar surface area (TPSA) is 94.0 Å². The number of fused-ring (bicyclic) bond motifs is 1. The maximum absolute atomic E-state index is 12.7. The number of pyridine rings is 1. The number of esters is 1. The van der Waals surface area contributed by atoms with Gasteiger partial charge < -0.3 is 14.3 Å². The normalized spacial score (nSPS) is 12.2. The zero-order chi connectivity index (χ0) is 16.4. The van der Waals surface area contributed by atoms with Crippen LogP contribution >= 0.6 is 0 Å². The van der Waals surface area contributed by atoms with Crippen molar-refractivity contribution in [2.45, 2.75) is 12.3 Å². The van der Waals surface area contributed by atoms with Gasteiger partial charge in [0.2, 0.25) is 5.88 Å². The molecule has 0 fully saturated rings. The fourth-order valence-electron chi connectivity index (χ4n) is 2.48. The summed E-state index contributed by atoms with van der Waals surface area (Å²) in [4.78, 5) is 28.5. The Bertz CT molecular complexity index is 898. The van der Waals surface area contributed by atoms with Crippen LogP contribution in [0.15, 0.2) is 52.0 Å². The Morgan fingerprint density at radius 2 is 2.22 bits per heavy atom. The molecule has 3 aromatic rings. The Morgan fingerprint density at radius 3 is 2.91 bits per heavy atom. The van der Waals surface area contributed by atoms with E-state index < -0.39 is 23.3 Å². The molecule has 0 aromatic carbocycles. The van der Waals surface area contributed by atoms with Gasteiger partial charge in [0.15, 0.2) is 0 Å². The fraction of sp³-hybridized carbons (Fsp3) is 0.188. The number of hydrogen-bond acceptors (Lipinski definition) is 6. The molecule has 0 bridgehead atoms. The molecule has 0 saturated heterocycles. The van der Waals surface area contributed by atoms with Crippen molar-refractivity contribution in [1.82, 2.24) is 9.38 Å². The van der Waals surface area contributed by atoms with Crippen LogP contribution in [0.25, 0.3) is 5.65 Å². The van der Waals surface area contributed by atoms with E-state index in [2.05, 4.69) is 9.72 Å². The van der Waals surface area contributed by atoms with Crippen molar-refractivity contribution in [2.75, 3.05) is 7.11 Å². The van der Waals surface area contributed by atoms with Crippen LogP contribution in [0.1, 0.15) is 23.7 Å². The second-order valence-electron chi connectivity index (χ2n) is 4.93. The third-order valence-corrected chi connectivity index (χ3v) is 3.58. The number of nitrogens with zero attached hydrogens (tertiary/aromatic N) is 2. The lowest BCUT2D eigenvalue weighted by atomic mass is 9.94. The largest absolute Gasteiger partial charge is 0.493 e. The molecular weight excluding hydrogens is 300 g/mol. The zero-order valence-corrected chi connectivity index (χ0v) is 12.3. The summed E-state index contributed by atoms with van der Waals surface area (Å²) in [5.41, 5.74) is -0.150. The van der Waals surface area contributed by atoms with E-state index in [9.17, 15) is 14.7 Å². The highest BCUT2D eigenvalue weighted by Gasteiger charge is 2.28. The van der Waals surface area contributed by atoms with Gasteiger partial charge in [0.1, 0.15) is 11.4 Å². The summed E-state index contributed by atoms with van der Waals surface area (Å²) >= 11 is 0. The van der Waals surface area contributed by atoms with Crippen LogP contribution in [0.3, 0.4) is 0 Å². The highest BCUT2D eigenvalue weighted by Crippen LogP contribution is 2.31. The molecule has 118 valence electrons. The van der Waals surface area contributed by atoms with E-state index in [0.29, 0.717) is 11.4 Å². The summed E-state index contributed by atoms with van der Waals surface area (Å²) < 4.78 is 11.3. The third kappa shape index (κ3) is 2.68. The minimum Gasteiger partial charge on any atom is -0.493 e. The molecule has 3 heterocycles. The number of furan rings is 1. The van der Waals surface area contributed by atoms with Crippen LogP contribution in [0.2, 0.25) is 0 Å². The van der Waals surface area contributed by atoms with Gasteiger partial charge in [-0.15, -0.1) is 0 Å². The Balaban J connectivity index is 2.21. The highest BCUT2D eigenvalue weighted by atomic mass is 16.5. The lowest BCUT2D eigenvalue weighted by Gasteiger charge is -2.15. The van der Waals surface area contributed by atoms with Crippen LogP contribution in [0.4, 0.5) is 0 Å². The SMILES string of the molecule is COC(=O)C[C@@H](c1ccco1)c1c(O)nc2ccccn2c1=O. The van der Waals surface area contributed by atoms with E-state index in [-0.39, 0.29) is 12.0 Å². The lowest BCUT2D eigenvalue weighted by molar-refractivity contribution is -0.140. The van der Waals surface area contributed by atoms with Crippen molar-refractivity contribution in [3.63, 3.8) is 0 Å². The average Bonchev–Trinajstić information content (AvgIpc) is 3.08. The number of hydrogen-bond donors (Lipinski definition) is 1. The molecule has 0 aliphatic rings. The molecule has 0 spiro atoms. The maximum Gasteiger partial charge on any atom is 0.306 e. The Kier molecular flexibility index (Phi) is 3.84. The van der Waals surface area contributed by atoms with Crippen LogP contribution < -0.4 is 5.56 Å². The molecular formula is C16H14N2O5. The van der Waals surface area contributed by atoms with Crippen LogP contribution in [-0.2, 0) is 9.53 Å². The Labute approximate surface area is 130 Å². The number of rotatable bonds is 4. The molecule has 0 amide bonds. The molecule has 0 unspecified atom stereocenters. The number of methoxy groups -OCH3 is 1. The summed E-state index contributed by atoms with van der Waals surface area (Å²) in [7, 11) is 1.26. The quantitative estimate of drug-likeness (QED) is 0.736. The molecule has 3 aromatic heterocycles. The molecule has 0 aliphatic carbocycles. The first-order chi connectivity index (χ1) is 11.1. The van der Waals surface area contributed by atoms with Gasteiger partial charge in [-0.2, -0.15) is 4.98 Å². The second-order valence-corrected chi connectivity index (χ2v) is 4.93. The van der Waals surface area contributed by atoms with E-state index >= 15 is 0 Å². The van der Waals surface area contributed by atoms with Crippen molar-refractivity contribution in [1.29, 1.82) is 0 Å². The minimum atomic E-state index is -0.783. The predicted octanol–water partition coefficient (Wildman–Crippen LogP) is 1.69. The highest BCUT2D eigenvalue weighted by molar-refractivity contribution is 5.71. The Hall–Kier alpha value is -3.09.